The van der Waals surface area contributed by atoms with Crippen LogP contribution in [-0.4, -0.2) is 17.8 Å². The second-order valence-corrected chi connectivity index (χ2v) is 6.56. The van der Waals surface area contributed by atoms with Crippen molar-refractivity contribution in [3.05, 3.63) is 0 Å². The molecule has 1 unspecified atom stereocenters. The van der Waals surface area contributed by atoms with Gasteiger partial charge in [0.15, 0.2) is 0 Å². The summed E-state index contributed by atoms with van der Waals surface area (Å²) in [4.78, 5) is 0. The van der Waals surface area contributed by atoms with Gasteiger partial charge < -0.3 is 10.8 Å². The zero-order valence-corrected chi connectivity index (χ0v) is 10.1. The number of rotatable bonds is 4. The molecule has 4 fully saturated rings. The molecule has 16 heavy (non-hydrogen) atoms. The van der Waals surface area contributed by atoms with Crippen molar-refractivity contribution in [2.24, 2.45) is 35.3 Å². The zero-order valence-electron chi connectivity index (χ0n) is 10.1. The fraction of sp³-hybridized carbons (Fsp3) is 1.00. The summed E-state index contributed by atoms with van der Waals surface area (Å²) in [5.41, 5.74) is 5.48. The summed E-state index contributed by atoms with van der Waals surface area (Å²) in [6.07, 6.45) is 9.43. The first-order valence-corrected chi connectivity index (χ1v) is 7.14. The van der Waals surface area contributed by atoms with E-state index in [9.17, 15) is 5.11 Å². The molecule has 0 saturated heterocycles. The van der Waals surface area contributed by atoms with E-state index in [-0.39, 0.29) is 6.10 Å². The van der Waals surface area contributed by atoms with Crippen LogP contribution in [-0.2, 0) is 0 Å². The maximum absolute atomic E-state index is 9.59. The normalized spacial score (nSPS) is 47.2. The molecular weight excluding hydrogens is 198 g/mol. The number of hydrogen-bond acceptors (Lipinski definition) is 2. The van der Waals surface area contributed by atoms with Gasteiger partial charge in [-0.3, -0.25) is 0 Å². The third kappa shape index (κ3) is 1.91. The van der Waals surface area contributed by atoms with E-state index in [1.807, 2.05) is 0 Å². The van der Waals surface area contributed by atoms with Crippen molar-refractivity contribution < 1.29 is 5.11 Å². The van der Waals surface area contributed by atoms with Crippen LogP contribution < -0.4 is 5.73 Å². The molecule has 2 nitrogen and oxygen atoms in total. The van der Waals surface area contributed by atoms with Crippen LogP contribution >= 0.6 is 0 Å². The predicted molar refractivity (Wildman–Crippen MR) is 64.8 cm³/mol. The highest BCUT2D eigenvalue weighted by molar-refractivity contribution is 4.98. The molecule has 2 heteroatoms. The molecule has 0 aromatic rings. The Morgan fingerprint density at radius 1 is 1.00 bits per heavy atom. The molecule has 4 rings (SSSR count). The Morgan fingerprint density at radius 3 is 2.06 bits per heavy atom. The molecule has 0 heterocycles. The minimum atomic E-state index is -0.253. The van der Waals surface area contributed by atoms with Crippen LogP contribution in [0.1, 0.15) is 44.9 Å². The highest BCUT2D eigenvalue weighted by atomic mass is 16.3. The van der Waals surface area contributed by atoms with Crippen molar-refractivity contribution >= 4 is 0 Å². The monoisotopic (exact) mass is 223 g/mol. The minimum Gasteiger partial charge on any atom is -0.392 e. The lowest BCUT2D eigenvalue weighted by molar-refractivity contribution is -0.0437. The zero-order chi connectivity index (χ0) is 11.1. The van der Waals surface area contributed by atoms with Crippen LogP contribution in [0.2, 0.25) is 0 Å². The fourth-order valence-electron chi connectivity index (χ4n) is 5.01. The highest BCUT2D eigenvalue weighted by Gasteiger charge is 2.47. The van der Waals surface area contributed by atoms with Crippen molar-refractivity contribution in [3.8, 4) is 0 Å². The van der Waals surface area contributed by atoms with Gasteiger partial charge >= 0.3 is 0 Å². The predicted octanol–water partition coefficient (Wildman–Crippen LogP) is 2.16. The SMILES string of the molecule is NCC(O)CCC1C2CC3CC(C2)CC1C3. The highest BCUT2D eigenvalue weighted by Crippen LogP contribution is 2.57. The van der Waals surface area contributed by atoms with Crippen molar-refractivity contribution in [1.82, 2.24) is 0 Å². The number of hydrogen-bond donors (Lipinski definition) is 2. The van der Waals surface area contributed by atoms with E-state index in [0.29, 0.717) is 6.54 Å². The van der Waals surface area contributed by atoms with Crippen LogP contribution in [0.15, 0.2) is 0 Å². The number of aliphatic hydroxyl groups excluding tert-OH is 1. The maximum atomic E-state index is 9.59. The van der Waals surface area contributed by atoms with Crippen LogP contribution in [0, 0.1) is 29.6 Å². The molecule has 1 atom stereocenters. The molecule has 4 saturated carbocycles. The van der Waals surface area contributed by atoms with Crippen LogP contribution in [0.3, 0.4) is 0 Å². The summed E-state index contributed by atoms with van der Waals surface area (Å²) in [6.45, 7) is 0.438. The average molecular weight is 223 g/mol. The van der Waals surface area contributed by atoms with E-state index < -0.39 is 0 Å². The smallest absolute Gasteiger partial charge is 0.0662 e. The maximum Gasteiger partial charge on any atom is 0.0662 e. The lowest BCUT2D eigenvalue weighted by atomic mass is 9.51. The fourth-order valence-corrected chi connectivity index (χ4v) is 5.01. The quantitative estimate of drug-likeness (QED) is 0.767. The van der Waals surface area contributed by atoms with Gasteiger partial charge in [0, 0.05) is 6.54 Å². The molecule has 0 aliphatic heterocycles. The standard InChI is InChI=1S/C14H25NO/c15-8-13(16)1-2-14-11-4-9-3-10(6-11)7-12(14)5-9/h9-14,16H,1-8,15H2. The number of nitrogens with two attached hydrogens (primary N) is 1. The summed E-state index contributed by atoms with van der Waals surface area (Å²) in [5.74, 6) is 5.06. The van der Waals surface area contributed by atoms with Gasteiger partial charge in [-0.2, -0.15) is 0 Å². The molecule has 0 aromatic carbocycles. The molecule has 0 aromatic heterocycles. The third-order valence-corrected chi connectivity index (χ3v) is 5.53. The van der Waals surface area contributed by atoms with E-state index in [4.69, 9.17) is 5.73 Å². The van der Waals surface area contributed by atoms with E-state index in [2.05, 4.69) is 0 Å². The van der Waals surface area contributed by atoms with E-state index >= 15 is 0 Å². The van der Waals surface area contributed by atoms with Gasteiger partial charge in [-0.25, -0.2) is 0 Å². The second kappa shape index (κ2) is 4.30. The Morgan fingerprint density at radius 2 is 1.56 bits per heavy atom. The molecule has 92 valence electrons. The van der Waals surface area contributed by atoms with Gasteiger partial charge in [0.1, 0.15) is 0 Å². The summed E-state index contributed by atoms with van der Waals surface area (Å²) < 4.78 is 0. The van der Waals surface area contributed by atoms with Crippen LogP contribution in [0.25, 0.3) is 0 Å². The topological polar surface area (TPSA) is 46.2 Å². The molecule has 0 amide bonds. The van der Waals surface area contributed by atoms with E-state index in [0.717, 1.165) is 36.0 Å². The van der Waals surface area contributed by atoms with E-state index in [1.165, 1.54) is 38.5 Å². The summed E-state index contributed by atoms with van der Waals surface area (Å²) in [5, 5.41) is 9.59. The third-order valence-electron chi connectivity index (χ3n) is 5.53. The molecule has 4 aliphatic carbocycles. The van der Waals surface area contributed by atoms with Gasteiger partial charge in [-0.15, -0.1) is 0 Å². The second-order valence-electron chi connectivity index (χ2n) is 6.56. The molecular formula is C14H25NO. The molecule has 3 N–H and O–H groups in total. The van der Waals surface area contributed by atoms with Crippen LogP contribution in [0.5, 0.6) is 0 Å². The molecule has 4 aliphatic rings. The first kappa shape index (κ1) is 11.0. The Balaban J connectivity index is 1.59. The Labute approximate surface area is 98.6 Å². The average Bonchev–Trinajstić information content (AvgIpc) is 2.26. The van der Waals surface area contributed by atoms with Crippen molar-refractivity contribution in [3.63, 3.8) is 0 Å². The number of aliphatic hydroxyl groups is 1. The minimum absolute atomic E-state index is 0.253. The van der Waals surface area contributed by atoms with Gasteiger partial charge in [-0.1, -0.05) is 0 Å². The van der Waals surface area contributed by atoms with E-state index in [1.54, 1.807) is 0 Å². The van der Waals surface area contributed by atoms with Gasteiger partial charge in [-0.05, 0) is 74.5 Å². The van der Waals surface area contributed by atoms with Gasteiger partial charge in [0.05, 0.1) is 6.10 Å². The summed E-state index contributed by atoms with van der Waals surface area (Å²) in [7, 11) is 0. The van der Waals surface area contributed by atoms with Crippen molar-refractivity contribution in [1.29, 1.82) is 0 Å². The molecule has 4 bridgehead atoms. The Hall–Kier alpha value is -0.0800. The Kier molecular flexibility index (Phi) is 2.97. The Bertz CT molecular complexity index is 225. The lowest BCUT2D eigenvalue weighted by Gasteiger charge is -2.54. The summed E-state index contributed by atoms with van der Waals surface area (Å²) >= 11 is 0. The lowest BCUT2D eigenvalue weighted by Crippen LogP contribution is -2.45. The molecule has 0 radical (unpaired) electrons. The molecule has 0 spiro atoms. The summed E-state index contributed by atoms with van der Waals surface area (Å²) in [6, 6.07) is 0. The van der Waals surface area contributed by atoms with Gasteiger partial charge in [0.2, 0.25) is 0 Å². The first-order valence-electron chi connectivity index (χ1n) is 7.14. The van der Waals surface area contributed by atoms with Gasteiger partial charge in [0.25, 0.3) is 0 Å². The first-order chi connectivity index (χ1) is 7.76. The van der Waals surface area contributed by atoms with Crippen molar-refractivity contribution in [2.45, 2.75) is 51.0 Å². The van der Waals surface area contributed by atoms with Crippen LogP contribution in [0.4, 0.5) is 0 Å². The van der Waals surface area contributed by atoms with Crippen molar-refractivity contribution in [2.75, 3.05) is 6.54 Å². The largest absolute Gasteiger partial charge is 0.392 e.